The molecule has 0 bridgehead atoms. The molecule has 0 aliphatic rings. The molecule has 0 saturated heterocycles. The van der Waals surface area contributed by atoms with Gasteiger partial charge in [0.1, 0.15) is 10.7 Å². The summed E-state index contributed by atoms with van der Waals surface area (Å²) in [5, 5.41) is 22.8. The third-order valence-electron chi connectivity index (χ3n) is 4.03. The average molecular weight is 441 g/mol. The Labute approximate surface area is 176 Å². The first-order chi connectivity index (χ1) is 14.4. The molecule has 30 heavy (non-hydrogen) atoms. The lowest BCUT2D eigenvalue weighted by molar-refractivity contribution is -0.393. The first-order valence-electron chi connectivity index (χ1n) is 8.37. The number of para-hydroxylation sites is 1. The highest BCUT2D eigenvalue weighted by Crippen LogP contribution is 2.34. The molecule has 4 rings (SSSR count). The molecule has 150 valence electrons. The number of nitro benzene ring substituents is 2. The van der Waals surface area contributed by atoms with Crippen molar-refractivity contribution in [2.45, 2.75) is 0 Å². The highest BCUT2D eigenvalue weighted by molar-refractivity contribution is 7.26. The number of rotatable bonds is 6. The van der Waals surface area contributed by atoms with Crippen molar-refractivity contribution in [3.8, 4) is 9.88 Å². The lowest BCUT2D eigenvalue weighted by Crippen LogP contribution is -2.29. The number of aromatic nitrogens is 1. The predicted molar refractivity (Wildman–Crippen MR) is 114 cm³/mol. The van der Waals surface area contributed by atoms with Gasteiger partial charge in [-0.05, 0) is 30.3 Å². The third kappa shape index (κ3) is 3.81. The summed E-state index contributed by atoms with van der Waals surface area (Å²) in [6.45, 7) is 0. The molecule has 0 saturated carbocycles. The Bertz CT molecular complexity index is 1270. The molecule has 12 heteroatoms. The van der Waals surface area contributed by atoms with E-state index in [1.807, 2.05) is 24.3 Å². The topological polar surface area (TPSA) is 140 Å². The van der Waals surface area contributed by atoms with E-state index in [9.17, 15) is 25.0 Å². The Morgan fingerprint density at radius 1 is 0.967 bits per heavy atom. The number of nitrogens with zero attached hydrogens (tertiary/aromatic N) is 3. The van der Waals surface area contributed by atoms with Crippen LogP contribution in [0.5, 0.6) is 0 Å². The monoisotopic (exact) mass is 441 g/mol. The summed E-state index contributed by atoms with van der Waals surface area (Å²) in [5.74, 6) is -0.500. The number of anilines is 1. The van der Waals surface area contributed by atoms with Crippen molar-refractivity contribution in [2.24, 2.45) is 0 Å². The smallest absolute Gasteiger partial charge is 0.292 e. The number of carbonyl (C=O) groups is 1. The number of hydrogen-bond donors (Lipinski definition) is 2. The molecule has 0 spiro atoms. The summed E-state index contributed by atoms with van der Waals surface area (Å²) in [4.78, 5) is 38.7. The summed E-state index contributed by atoms with van der Waals surface area (Å²) >= 11 is 2.75. The molecular formula is C18H11N5O5S2. The van der Waals surface area contributed by atoms with E-state index in [-0.39, 0.29) is 5.69 Å². The predicted octanol–water partition coefficient (Wildman–Crippen LogP) is 4.60. The molecule has 10 nitrogen and oxygen atoms in total. The fraction of sp³-hybridized carbons (Fsp3) is 0. The zero-order chi connectivity index (χ0) is 21.3. The molecule has 0 atom stereocenters. The van der Waals surface area contributed by atoms with Crippen LogP contribution in [-0.2, 0) is 0 Å². The van der Waals surface area contributed by atoms with Crippen LogP contribution in [0.25, 0.3) is 20.1 Å². The molecule has 0 aliphatic heterocycles. The number of non-ortho nitro benzene ring substituents is 1. The second-order valence-electron chi connectivity index (χ2n) is 5.95. The quantitative estimate of drug-likeness (QED) is 0.329. The molecule has 2 N–H and O–H groups in total. The highest BCUT2D eigenvalue weighted by atomic mass is 32.1. The van der Waals surface area contributed by atoms with E-state index < -0.39 is 27.1 Å². The first kappa shape index (κ1) is 19.4. The van der Waals surface area contributed by atoms with Gasteiger partial charge in [0.25, 0.3) is 11.6 Å². The van der Waals surface area contributed by atoms with Crippen molar-refractivity contribution in [1.29, 1.82) is 0 Å². The zero-order valence-electron chi connectivity index (χ0n) is 14.9. The molecule has 2 aromatic heterocycles. The summed E-state index contributed by atoms with van der Waals surface area (Å²) in [6, 6.07) is 14.2. The fourth-order valence-corrected chi connectivity index (χ4v) is 4.55. The number of thiophene rings is 1. The van der Waals surface area contributed by atoms with Crippen LogP contribution in [0.3, 0.4) is 0 Å². The van der Waals surface area contributed by atoms with E-state index in [0.717, 1.165) is 38.3 Å². The average Bonchev–Trinajstić information content (AvgIpc) is 3.38. The maximum Gasteiger partial charge on any atom is 0.300 e. The molecule has 0 fully saturated rings. The maximum atomic E-state index is 12.4. The molecule has 0 radical (unpaired) electrons. The van der Waals surface area contributed by atoms with Crippen LogP contribution in [0.4, 0.5) is 17.1 Å². The van der Waals surface area contributed by atoms with E-state index in [4.69, 9.17) is 0 Å². The number of thiazole rings is 1. The molecule has 0 unspecified atom stereocenters. The number of carbonyl (C=O) groups excluding carboxylic acids is 1. The second kappa shape index (κ2) is 7.85. The lowest BCUT2D eigenvalue weighted by Gasteiger charge is -2.07. The summed E-state index contributed by atoms with van der Waals surface area (Å²) in [7, 11) is 0. The van der Waals surface area contributed by atoms with Gasteiger partial charge in [-0.15, -0.1) is 22.7 Å². The highest BCUT2D eigenvalue weighted by Gasteiger charge is 2.20. The van der Waals surface area contributed by atoms with Gasteiger partial charge in [-0.1, -0.05) is 12.1 Å². The van der Waals surface area contributed by atoms with Gasteiger partial charge in [0.2, 0.25) is 0 Å². The Balaban J connectivity index is 1.50. The minimum Gasteiger partial charge on any atom is -0.292 e. The Morgan fingerprint density at radius 2 is 1.77 bits per heavy atom. The van der Waals surface area contributed by atoms with Crippen LogP contribution in [0.15, 0.2) is 54.6 Å². The number of nitro groups is 2. The Kier molecular flexibility index (Phi) is 5.08. The SMILES string of the molecule is O=C(NNc1ccc([N+](=O)[O-])cc1[N+](=O)[O-])c1ccc(-c2nc3ccccc3s2)s1. The van der Waals surface area contributed by atoms with E-state index in [1.165, 1.54) is 22.7 Å². The van der Waals surface area contributed by atoms with Crippen molar-refractivity contribution in [3.05, 3.63) is 79.7 Å². The van der Waals surface area contributed by atoms with Crippen LogP contribution >= 0.6 is 22.7 Å². The van der Waals surface area contributed by atoms with Crippen molar-refractivity contribution < 1.29 is 14.6 Å². The molecule has 1 amide bonds. The summed E-state index contributed by atoms with van der Waals surface area (Å²) < 4.78 is 1.04. The normalized spacial score (nSPS) is 10.7. The number of hydrogen-bond acceptors (Lipinski definition) is 9. The van der Waals surface area contributed by atoms with E-state index in [1.54, 1.807) is 12.1 Å². The van der Waals surface area contributed by atoms with Gasteiger partial charge in [-0.2, -0.15) is 0 Å². The first-order valence-corrected chi connectivity index (χ1v) is 10.0. The number of nitrogens with one attached hydrogen (secondary N) is 2. The molecule has 4 aromatic rings. The van der Waals surface area contributed by atoms with Crippen LogP contribution in [-0.4, -0.2) is 20.7 Å². The standard InChI is InChI=1S/C18H11N5O5S2/c24-17(21-20-11-6-5-10(22(25)26)9-13(11)23(27)28)15-7-8-16(29-15)18-19-12-3-1-2-4-14(12)30-18/h1-9,20H,(H,21,24). The van der Waals surface area contributed by atoms with Crippen molar-refractivity contribution in [2.75, 3.05) is 5.43 Å². The Hall–Kier alpha value is -3.90. The maximum absolute atomic E-state index is 12.4. The van der Waals surface area contributed by atoms with Gasteiger partial charge in [0.05, 0.1) is 35.9 Å². The van der Waals surface area contributed by atoms with Gasteiger partial charge in [-0.3, -0.25) is 35.9 Å². The molecule has 0 aliphatic carbocycles. The number of benzene rings is 2. The van der Waals surface area contributed by atoms with Crippen molar-refractivity contribution in [3.63, 3.8) is 0 Å². The van der Waals surface area contributed by atoms with Crippen LogP contribution in [0.1, 0.15) is 9.67 Å². The summed E-state index contributed by atoms with van der Waals surface area (Å²) in [5.41, 5.74) is 4.71. The Morgan fingerprint density at radius 3 is 2.50 bits per heavy atom. The van der Waals surface area contributed by atoms with E-state index in [0.29, 0.717) is 4.88 Å². The molecule has 2 heterocycles. The zero-order valence-corrected chi connectivity index (χ0v) is 16.5. The lowest BCUT2D eigenvalue weighted by atomic mass is 10.2. The second-order valence-corrected chi connectivity index (χ2v) is 8.06. The molecule has 2 aromatic carbocycles. The largest absolute Gasteiger partial charge is 0.300 e. The van der Waals surface area contributed by atoms with Gasteiger partial charge in [0, 0.05) is 6.07 Å². The minimum absolute atomic E-state index is 0.0677. The van der Waals surface area contributed by atoms with Crippen LogP contribution in [0.2, 0.25) is 0 Å². The third-order valence-corrected chi connectivity index (χ3v) is 6.32. The van der Waals surface area contributed by atoms with Crippen molar-refractivity contribution in [1.82, 2.24) is 10.4 Å². The number of fused-ring (bicyclic) bond motifs is 1. The van der Waals surface area contributed by atoms with Gasteiger partial charge < -0.3 is 0 Å². The van der Waals surface area contributed by atoms with Gasteiger partial charge in [-0.25, -0.2) is 4.98 Å². The molecular weight excluding hydrogens is 430 g/mol. The van der Waals surface area contributed by atoms with Crippen LogP contribution in [0, 0.1) is 20.2 Å². The van der Waals surface area contributed by atoms with E-state index >= 15 is 0 Å². The summed E-state index contributed by atoms with van der Waals surface area (Å²) in [6.07, 6.45) is 0. The number of amides is 1. The minimum atomic E-state index is -0.766. The fourth-order valence-electron chi connectivity index (χ4n) is 2.63. The van der Waals surface area contributed by atoms with E-state index in [2.05, 4.69) is 15.8 Å². The van der Waals surface area contributed by atoms with Crippen LogP contribution < -0.4 is 10.9 Å². The van der Waals surface area contributed by atoms with Gasteiger partial charge in [0.15, 0.2) is 0 Å². The number of hydrazine groups is 1. The van der Waals surface area contributed by atoms with Gasteiger partial charge >= 0.3 is 5.69 Å². The van der Waals surface area contributed by atoms with Crippen molar-refractivity contribution >= 4 is 55.9 Å².